The van der Waals surface area contributed by atoms with Crippen molar-refractivity contribution in [1.29, 1.82) is 0 Å². The number of benzene rings is 2. The van der Waals surface area contributed by atoms with Crippen LogP contribution >= 0.6 is 0 Å². The number of anilines is 1. The van der Waals surface area contributed by atoms with Crippen molar-refractivity contribution in [3.05, 3.63) is 83.2 Å². The van der Waals surface area contributed by atoms with Gasteiger partial charge in [0, 0.05) is 0 Å². The van der Waals surface area contributed by atoms with Crippen LogP contribution in [0.2, 0.25) is 0 Å². The van der Waals surface area contributed by atoms with Crippen LogP contribution in [0.5, 0.6) is 0 Å². The van der Waals surface area contributed by atoms with Crippen LogP contribution in [0.4, 0.5) is 5.95 Å². The first-order valence-corrected chi connectivity index (χ1v) is 7.69. The fourth-order valence-corrected chi connectivity index (χ4v) is 2.61. The van der Waals surface area contributed by atoms with Crippen LogP contribution in [0.3, 0.4) is 0 Å². The molecule has 3 aromatic rings. The highest BCUT2D eigenvalue weighted by molar-refractivity contribution is 5.78. The molecule has 0 radical (unpaired) electrons. The summed E-state index contributed by atoms with van der Waals surface area (Å²) in [5.41, 5.74) is 1.72. The molecule has 0 amide bonds. The van der Waals surface area contributed by atoms with Crippen LogP contribution in [0.15, 0.2) is 72.0 Å². The van der Waals surface area contributed by atoms with Crippen LogP contribution in [-0.4, -0.2) is 9.97 Å². The van der Waals surface area contributed by atoms with E-state index in [0.717, 1.165) is 18.4 Å². The second-order valence-corrected chi connectivity index (χ2v) is 5.41. The summed E-state index contributed by atoms with van der Waals surface area (Å²) in [5.74, 6) is 0.492. The molecule has 0 saturated heterocycles. The minimum atomic E-state index is -0.131. The van der Waals surface area contributed by atoms with Crippen LogP contribution in [0.25, 0.3) is 10.9 Å². The number of rotatable bonds is 6. The molecule has 0 saturated carbocycles. The molecule has 0 spiro atoms. The number of hydrogen-bond donors (Lipinski definition) is 2. The quantitative estimate of drug-likeness (QED) is 0.676. The van der Waals surface area contributed by atoms with Gasteiger partial charge in [-0.3, -0.25) is 9.78 Å². The van der Waals surface area contributed by atoms with Crippen molar-refractivity contribution in [2.24, 2.45) is 0 Å². The minimum absolute atomic E-state index is 0.0681. The van der Waals surface area contributed by atoms with Gasteiger partial charge in [0.05, 0.1) is 16.9 Å². The standard InChI is InChI=1S/C19H19N3O/c1-2-3-12-16(14-9-5-4-6-10-14)20-19-21-17-13-8-7-11-15(17)18(23)22-19/h2,4-11,13,16H,1,3,12H2,(H2,20,21,22,23). The van der Waals surface area contributed by atoms with Gasteiger partial charge in [-0.25, -0.2) is 4.98 Å². The highest BCUT2D eigenvalue weighted by Gasteiger charge is 2.12. The lowest BCUT2D eigenvalue weighted by Crippen LogP contribution is -2.17. The van der Waals surface area contributed by atoms with Crippen molar-refractivity contribution in [2.45, 2.75) is 18.9 Å². The number of fused-ring (bicyclic) bond motifs is 1. The number of nitrogens with one attached hydrogen (secondary N) is 2. The van der Waals surface area contributed by atoms with Gasteiger partial charge in [-0.05, 0) is 30.5 Å². The van der Waals surface area contributed by atoms with Gasteiger partial charge in [-0.15, -0.1) is 6.58 Å². The third kappa shape index (κ3) is 3.48. The fourth-order valence-electron chi connectivity index (χ4n) is 2.61. The van der Waals surface area contributed by atoms with Crippen molar-refractivity contribution < 1.29 is 0 Å². The molecule has 0 bridgehead atoms. The van der Waals surface area contributed by atoms with Gasteiger partial charge < -0.3 is 5.32 Å². The number of allylic oxidation sites excluding steroid dienone is 1. The molecule has 3 rings (SSSR count). The molecule has 1 unspecified atom stereocenters. The SMILES string of the molecule is C=CCCC(Nc1nc2ccccc2c(=O)[nH]1)c1ccccc1. The zero-order valence-electron chi connectivity index (χ0n) is 12.8. The second kappa shape index (κ2) is 6.92. The van der Waals surface area contributed by atoms with Crippen molar-refractivity contribution in [1.82, 2.24) is 9.97 Å². The molecule has 2 aromatic carbocycles. The highest BCUT2D eigenvalue weighted by Crippen LogP contribution is 2.22. The van der Waals surface area contributed by atoms with E-state index >= 15 is 0 Å². The van der Waals surface area contributed by atoms with Crippen molar-refractivity contribution >= 4 is 16.9 Å². The van der Waals surface area contributed by atoms with Gasteiger partial charge in [-0.2, -0.15) is 0 Å². The van der Waals surface area contributed by atoms with Gasteiger partial charge in [-0.1, -0.05) is 48.5 Å². The summed E-state index contributed by atoms with van der Waals surface area (Å²) in [6, 6.07) is 17.5. The first-order chi connectivity index (χ1) is 11.3. The average Bonchev–Trinajstić information content (AvgIpc) is 2.59. The lowest BCUT2D eigenvalue weighted by molar-refractivity contribution is 0.697. The Labute approximate surface area is 134 Å². The van der Waals surface area contributed by atoms with E-state index in [9.17, 15) is 4.79 Å². The van der Waals surface area contributed by atoms with Crippen molar-refractivity contribution in [3.63, 3.8) is 0 Å². The van der Waals surface area contributed by atoms with Crippen LogP contribution in [-0.2, 0) is 0 Å². The Morgan fingerprint density at radius 3 is 2.65 bits per heavy atom. The highest BCUT2D eigenvalue weighted by atomic mass is 16.1. The Balaban J connectivity index is 1.93. The van der Waals surface area contributed by atoms with Crippen molar-refractivity contribution in [3.8, 4) is 0 Å². The van der Waals surface area contributed by atoms with E-state index in [1.165, 1.54) is 0 Å². The smallest absolute Gasteiger partial charge is 0.260 e. The van der Waals surface area contributed by atoms with E-state index in [2.05, 4.69) is 34.0 Å². The normalized spacial score (nSPS) is 12.0. The molecule has 0 aliphatic heterocycles. The Morgan fingerprint density at radius 1 is 1.13 bits per heavy atom. The number of para-hydroxylation sites is 1. The third-order valence-corrected chi connectivity index (χ3v) is 3.79. The molecule has 4 heteroatoms. The molecule has 23 heavy (non-hydrogen) atoms. The minimum Gasteiger partial charge on any atom is -0.349 e. The molecular weight excluding hydrogens is 286 g/mol. The molecule has 0 aliphatic carbocycles. The molecule has 2 N–H and O–H groups in total. The van der Waals surface area contributed by atoms with Crippen LogP contribution in [0, 0.1) is 0 Å². The number of nitrogens with zero attached hydrogens (tertiary/aromatic N) is 1. The third-order valence-electron chi connectivity index (χ3n) is 3.79. The maximum absolute atomic E-state index is 12.2. The van der Waals surface area contributed by atoms with E-state index in [4.69, 9.17) is 0 Å². The zero-order chi connectivity index (χ0) is 16.1. The Kier molecular flexibility index (Phi) is 4.52. The Morgan fingerprint density at radius 2 is 1.87 bits per heavy atom. The van der Waals surface area contributed by atoms with E-state index in [1.807, 2.05) is 42.5 Å². The zero-order valence-corrected chi connectivity index (χ0v) is 12.8. The summed E-state index contributed by atoms with van der Waals surface area (Å²) in [6.45, 7) is 3.79. The van der Waals surface area contributed by atoms with Crippen molar-refractivity contribution in [2.75, 3.05) is 5.32 Å². The number of aromatic nitrogens is 2. The predicted molar refractivity (Wildman–Crippen MR) is 94.6 cm³/mol. The number of hydrogen-bond acceptors (Lipinski definition) is 3. The maximum atomic E-state index is 12.2. The Bertz CT molecular complexity index is 855. The molecule has 116 valence electrons. The molecule has 1 heterocycles. The largest absolute Gasteiger partial charge is 0.349 e. The summed E-state index contributed by atoms with van der Waals surface area (Å²) < 4.78 is 0. The predicted octanol–water partition coefficient (Wildman–Crippen LogP) is 4.04. The molecule has 4 nitrogen and oxygen atoms in total. The lowest BCUT2D eigenvalue weighted by Gasteiger charge is -2.19. The summed E-state index contributed by atoms with van der Waals surface area (Å²) in [5, 5.41) is 3.95. The van der Waals surface area contributed by atoms with Crippen LogP contribution in [0.1, 0.15) is 24.4 Å². The Hall–Kier alpha value is -2.88. The molecule has 0 fully saturated rings. The molecule has 0 aliphatic rings. The van der Waals surface area contributed by atoms with E-state index < -0.39 is 0 Å². The fraction of sp³-hybridized carbons (Fsp3) is 0.158. The van der Waals surface area contributed by atoms with Gasteiger partial charge in [0.1, 0.15) is 0 Å². The van der Waals surface area contributed by atoms with Gasteiger partial charge in [0.25, 0.3) is 5.56 Å². The molecule has 1 atom stereocenters. The number of aromatic amines is 1. The average molecular weight is 305 g/mol. The van der Waals surface area contributed by atoms with Gasteiger partial charge in [0.2, 0.25) is 5.95 Å². The summed E-state index contributed by atoms with van der Waals surface area (Å²) in [7, 11) is 0. The second-order valence-electron chi connectivity index (χ2n) is 5.41. The van der Waals surface area contributed by atoms with Crippen LogP contribution < -0.4 is 10.9 Å². The summed E-state index contributed by atoms with van der Waals surface area (Å²) >= 11 is 0. The first kappa shape index (κ1) is 15.0. The lowest BCUT2D eigenvalue weighted by atomic mass is 10.0. The topological polar surface area (TPSA) is 57.8 Å². The first-order valence-electron chi connectivity index (χ1n) is 7.69. The summed E-state index contributed by atoms with van der Waals surface area (Å²) in [6.07, 6.45) is 3.66. The van der Waals surface area contributed by atoms with E-state index in [-0.39, 0.29) is 11.6 Å². The number of H-pyrrole nitrogens is 1. The summed E-state index contributed by atoms with van der Waals surface area (Å²) in [4.78, 5) is 19.5. The molecule has 1 aromatic heterocycles. The molecular formula is C19H19N3O. The van der Waals surface area contributed by atoms with E-state index in [0.29, 0.717) is 16.9 Å². The maximum Gasteiger partial charge on any atom is 0.260 e. The van der Waals surface area contributed by atoms with Gasteiger partial charge in [0.15, 0.2) is 0 Å². The van der Waals surface area contributed by atoms with Gasteiger partial charge >= 0.3 is 0 Å². The monoisotopic (exact) mass is 305 g/mol. The van der Waals surface area contributed by atoms with E-state index in [1.54, 1.807) is 6.07 Å².